The topological polar surface area (TPSA) is 58.6 Å². The summed E-state index contributed by atoms with van der Waals surface area (Å²) >= 11 is 6.75. The Hall–Kier alpha value is -0.920. The second-order valence-corrected chi connectivity index (χ2v) is 6.36. The van der Waals surface area contributed by atoms with Crippen LogP contribution in [0.1, 0.15) is 17.3 Å². The van der Waals surface area contributed by atoms with Gasteiger partial charge >= 0.3 is 5.97 Å². The van der Waals surface area contributed by atoms with Crippen molar-refractivity contribution in [3.8, 4) is 0 Å². The molecule has 1 aromatic carbocycles. The SMILES string of the molecule is CCOC(=O)C1CNCCN1C(=O)c1cc(Br)ccc1Br. The highest BCUT2D eigenvalue weighted by molar-refractivity contribution is 9.11. The molecule has 0 saturated carbocycles. The Morgan fingerprint density at radius 2 is 2.19 bits per heavy atom. The summed E-state index contributed by atoms with van der Waals surface area (Å²) in [6.45, 7) is 3.61. The van der Waals surface area contributed by atoms with Crippen LogP contribution in [-0.4, -0.2) is 49.1 Å². The Morgan fingerprint density at radius 3 is 2.90 bits per heavy atom. The standard InChI is InChI=1S/C14H16Br2N2O3/c1-2-21-14(20)12-8-17-5-6-18(12)13(19)10-7-9(15)3-4-11(10)16/h3-4,7,12,17H,2,5-6,8H2,1H3. The zero-order valence-electron chi connectivity index (χ0n) is 11.6. The van der Waals surface area contributed by atoms with Gasteiger partial charge in [-0.25, -0.2) is 4.79 Å². The largest absolute Gasteiger partial charge is 0.464 e. The van der Waals surface area contributed by atoms with Gasteiger partial charge in [-0.15, -0.1) is 0 Å². The van der Waals surface area contributed by atoms with Crippen molar-refractivity contribution < 1.29 is 14.3 Å². The Morgan fingerprint density at radius 1 is 1.43 bits per heavy atom. The lowest BCUT2D eigenvalue weighted by Crippen LogP contribution is -2.57. The number of hydrogen-bond acceptors (Lipinski definition) is 4. The van der Waals surface area contributed by atoms with Crippen LogP contribution < -0.4 is 5.32 Å². The quantitative estimate of drug-likeness (QED) is 0.763. The van der Waals surface area contributed by atoms with Crippen molar-refractivity contribution >= 4 is 43.7 Å². The van der Waals surface area contributed by atoms with Crippen LogP contribution >= 0.6 is 31.9 Å². The molecule has 21 heavy (non-hydrogen) atoms. The van der Waals surface area contributed by atoms with Gasteiger partial charge in [-0.3, -0.25) is 4.79 Å². The maximum Gasteiger partial charge on any atom is 0.330 e. The molecule has 1 amide bonds. The molecule has 1 unspecified atom stereocenters. The van der Waals surface area contributed by atoms with E-state index in [0.717, 1.165) is 4.47 Å². The number of piperazine rings is 1. The second-order valence-electron chi connectivity index (χ2n) is 4.59. The molecular weight excluding hydrogens is 404 g/mol. The highest BCUT2D eigenvalue weighted by Crippen LogP contribution is 2.24. The fraction of sp³-hybridized carbons (Fsp3) is 0.429. The minimum atomic E-state index is -0.586. The van der Waals surface area contributed by atoms with Gasteiger partial charge in [-0.05, 0) is 41.1 Å². The van der Waals surface area contributed by atoms with Gasteiger partial charge in [0.2, 0.25) is 0 Å². The van der Waals surface area contributed by atoms with Crippen molar-refractivity contribution in [2.75, 3.05) is 26.2 Å². The third-order valence-corrected chi connectivity index (χ3v) is 4.41. The number of rotatable bonds is 3. The fourth-order valence-electron chi connectivity index (χ4n) is 2.21. The molecule has 5 nitrogen and oxygen atoms in total. The van der Waals surface area contributed by atoms with E-state index in [1.54, 1.807) is 24.0 Å². The number of nitrogens with zero attached hydrogens (tertiary/aromatic N) is 1. The minimum Gasteiger partial charge on any atom is -0.464 e. The smallest absolute Gasteiger partial charge is 0.330 e. The first-order valence-electron chi connectivity index (χ1n) is 6.68. The number of carbonyl (C=O) groups excluding carboxylic acids is 2. The molecule has 1 aliphatic heterocycles. The summed E-state index contributed by atoms with van der Waals surface area (Å²) in [4.78, 5) is 26.3. The molecule has 1 atom stereocenters. The maximum absolute atomic E-state index is 12.7. The number of carbonyl (C=O) groups is 2. The van der Waals surface area contributed by atoms with Gasteiger partial charge in [0.05, 0.1) is 12.2 Å². The molecule has 1 N–H and O–H groups in total. The van der Waals surface area contributed by atoms with Gasteiger partial charge in [0, 0.05) is 28.6 Å². The van der Waals surface area contributed by atoms with Gasteiger partial charge in [0.25, 0.3) is 5.91 Å². The number of hydrogen-bond donors (Lipinski definition) is 1. The first-order chi connectivity index (χ1) is 10.0. The van der Waals surface area contributed by atoms with Crippen molar-refractivity contribution in [3.63, 3.8) is 0 Å². The summed E-state index contributed by atoms with van der Waals surface area (Å²) in [6.07, 6.45) is 0. The Bertz CT molecular complexity index is 551. The lowest BCUT2D eigenvalue weighted by atomic mass is 10.1. The molecule has 0 aliphatic carbocycles. The number of esters is 1. The lowest BCUT2D eigenvalue weighted by molar-refractivity contribution is -0.149. The number of nitrogens with one attached hydrogen (secondary N) is 1. The van der Waals surface area contributed by atoms with Crippen molar-refractivity contribution in [2.45, 2.75) is 13.0 Å². The first-order valence-corrected chi connectivity index (χ1v) is 8.26. The third kappa shape index (κ3) is 3.84. The minimum absolute atomic E-state index is 0.178. The van der Waals surface area contributed by atoms with Crippen LogP contribution in [-0.2, 0) is 9.53 Å². The monoisotopic (exact) mass is 418 g/mol. The van der Waals surface area contributed by atoms with Gasteiger partial charge in [0.1, 0.15) is 6.04 Å². The normalized spacial score (nSPS) is 18.4. The van der Waals surface area contributed by atoms with Crippen molar-refractivity contribution in [1.29, 1.82) is 0 Å². The average Bonchev–Trinajstić information content (AvgIpc) is 2.49. The molecule has 0 radical (unpaired) electrons. The van der Waals surface area contributed by atoms with Gasteiger partial charge in [-0.2, -0.15) is 0 Å². The van der Waals surface area contributed by atoms with Crippen molar-refractivity contribution in [3.05, 3.63) is 32.7 Å². The number of ether oxygens (including phenoxy) is 1. The Labute approximate surface area is 140 Å². The summed E-state index contributed by atoms with van der Waals surface area (Å²) in [5, 5.41) is 3.12. The second kappa shape index (κ2) is 7.38. The van der Waals surface area contributed by atoms with Crippen LogP contribution in [0.3, 0.4) is 0 Å². The van der Waals surface area contributed by atoms with Crippen LogP contribution in [0, 0.1) is 0 Å². The zero-order valence-corrected chi connectivity index (χ0v) is 14.7. The van der Waals surface area contributed by atoms with Gasteiger partial charge in [-0.1, -0.05) is 15.9 Å². The van der Waals surface area contributed by atoms with E-state index in [9.17, 15) is 9.59 Å². The highest BCUT2D eigenvalue weighted by atomic mass is 79.9. The number of amides is 1. The predicted octanol–water partition coefficient (Wildman–Crippen LogP) is 2.19. The summed E-state index contributed by atoms with van der Waals surface area (Å²) in [5.74, 6) is -0.549. The summed E-state index contributed by atoms with van der Waals surface area (Å²) in [6, 6.07) is 4.81. The van der Waals surface area contributed by atoms with E-state index in [0.29, 0.717) is 36.3 Å². The molecular formula is C14H16Br2N2O3. The fourth-order valence-corrected chi connectivity index (χ4v) is 2.99. The molecule has 1 saturated heterocycles. The molecule has 114 valence electrons. The van der Waals surface area contributed by atoms with E-state index in [1.165, 1.54) is 0 Å². The highest BCUT2D eigenvalue weighted by Gasteiger charge is 2.34. The van der Waals surface area contributed by atoms with E-state index in [4.69, 9.17) is 4.74 Å². The van der Waals surface area contributed by atoms with Gasteiger partial charge < -0.3 is 15.0 Å². The van der Waals surface area contributed by atoms with E-state index in [2.05, 4.69) is 37.2 Å². The van der Waals surface area contributed by atoms with Crippen LogP contribution in [0.15, 0.2) is 27.1 Å². The van der Waals surface area contributed by atoms with Crippen molar-refractivity contribution in [1.82, 2.24) is 10.2 Å². The third-order valence-electron chi connectivity index (χ3n) is 3.22. The summed E-state index contributed by atoms with van der Waals surface area (Å²) in [5.41, 5.74) is 0.528. The van der Waals surface area contributed by atoms with Crippen LogP contribution in [0.4, 0.5) is 0 Å². The zero-order chi connectivity index (χ0) is 15.4. The average molecular weight is 420 g/mol. The van der Waals surface area contributed by atoms with Gasteiger partial charge in [0.15, 0.2) is 0 Å². The molecule has 1 aliphatic rings. The van der Waals surface area contributed by atoms with E-state index in [-0.39, 0.29) is 11.9 Å². The molecule has 7 heteroatoms. The molecule has 1 aromatic rings. The van der Waals surface area contributed by atoms with Crippen LogP contribution in [0.25, 0.3) is 0 Å². The predicted molar refractivity (Wildman–Crippen MR) is 86.2 cm³/mol. The Kier molecular flexibility index (Phi) is 5.78. The van der Waals surface area contributed by atoms with E-state index in [1.807, 2.05) is 6.07 Å². The summed E-state index contributed by atoms with van der Waals surface area (Å²) < 4.78 is 6.58. The lowest BCUT2D eigenvalue weighted by Gasteiger charge is -2.34. The molecule has 1 fully saturated rings. The van der Waals surface area contributed by atoms with E-state index >= 15 is 0 Å². The molecule has 0 bridgehead atoms. The maximum atomic E-state index is 12.7. The summed E-state index contributed by atoms with van der Waals surface area (Å²) in [7, 11) is 0. The molecule has 0 aromatic heterocycles. The number of halogens is 2. The molecule has 1 heterocycles. The molecule has 2 rings (SSSR count). The first kappa shape index (κ1) is 16.5. The Balaban J connectivity index is 2.26. The van der Waals surface area contributed by atoms with Crippen LogP contribution in [0.2, 0.25) is 0 Å². The van der Waals surface area contributed by atoms with E-state index < -0.39 is 6.04 Å². The van der Waals surface area contributed by atoms with Crippen LogP contribution in [0.5, 0.6) is 0 Å². The number of benzene rings is 1. The molecule has 0 spiro atoms. The van der Waals surface area contributed by atoms with Crippen molar-refractivity contribution in [2.24, 2.45) is 0 Å².